The lowest BCUT2D eigenvalue weighted by molar-refractivity contribution is -0.145. The average molecular weight is 350 g/mol. The van der Waals surface area contributed by atoms with Gasteiger partial charge < -0.3 is 20.1 Å². The van der Waals surface area contributed by atoms with Crippen molar-refractivity contribution in [2.45, 2.75) is 19.3 Å². The molecule has 2 heterocycles. The summed E-state index contributed by atoms with van der Waals surface area (Å²) in [5, 5.41) is 21.2. The van der Waals surface area contributed by atoms with E-state index < -0.39 is 11.9 Å². The summed E-state index contributed by atoms with van der Waals surface area (Å²) in [6.07, 6.45) is 3.28. The highest BCUT2D eigenvalue weighted by Crippen LogP contribution is 2.18. The third kappa shape index (κ3) is 6.03. The Morgan fingerprint density at radius 1 is 1.24 bits per heavy atom. The zero-order valence-corrected chi connectivity index (χ0v) is 14.4. The summed E-state index contributed by atoms with van der Waals surface area (Å²) in [5.74, 6) is -1.53. The average Bonchev–Trinajstić information content (AvgIpc) is 2.65. The summed E-state index contributed by atoms with van der Waals surface area (Å²) in [6, 6.07) is 1.94. The highest BCUT2D eigenvalue weighted by molar-refractivity contribution is 5.97. The third-order valence-electron chi connectivity index (χ3n) is 4.63. The molecular weight excluding hydrogens is 324 g/mol. The van der Waals surface area contributed by atoms with Crippen molar-refractivity contribution in [3.05, 3.63) is 11.8 Å². The molecule has 0 aromatic carbocycles. The van der Waals surface area contributed by atoms with Crippen molar-refractivity contribution in [2.75, 3.05) is 52.5 Å². The molecule has 2 rings (SSSR count). The highest BCUT2D eigenvalue weighted by atomic mass is 16.5. The number of rotatable bonds is 7. The number of carboxylic acids is 1. The van der Waals surface area contributed by atoms with E-state index in [0.717, 1.165) is 39.3 Å². The summed E-state index contributed by atoms with van der Waals surface area (Å²) in [5.41, 5.74) is 0.0696. The molecule has 0 bridgehead atoms. The molecule has 8 nitrogen and oxygen atoms in total. The van der Waals surface area contributed by atoms with Gasteiger partial charge in [-0.1, -0.05) is 0 Å². The van der Waals surface area contributed by atoms with Crippen LogP contribution in [0.5, 0.6) is 0 Å². The molecule has 0 unspecified atom stereocenters. The molecule has 0 spiro atoms. The fraction of sp³-hybridized carbons (Fsp3) is 0.706. The zero-order valence-electron chi connectivity index (χ0n) is 14.4. The molecule has 138 valence electrons. The molecule has 0 atom stereocenters. The third-order valence-corrected chi connectivity index (χ3v) is 4.63. The van der Waals surface area contributed by atoms with E-state index in [-0.39, 0.29) is 11.5 Å². The predicted octanol–water partition coefficient (Wildman–Crippen LogP) is 0.0290. The minimum Gasteiger partial charge on any atom is -0.481 e. The Bertz CT molecular complexity index is 529. The van der Waals surface area contributed by atoms with Crippen LogP contribution in [0.2, 0.25) is 0 Å². The van der Waals surface area contributed by atoms with E-state index >= 15 is 0 Å². The summed E-state index contributed by atoms with van der Waals surface area (Å²) in [7, 11) is 0. The number of aliphatic carboxylic acids is 1. The second-order valence-corrected chi connectivity index (χ2v) is 6.34. The number of carbonyl (C=O) groups is 2. The van der Waals surface area contributed by atoms with Crippen molar-refractivity contribution in [2.24, 2.45) is 5.92 Å². The number of nitrogens with zero attached hydrogens (tertiary/aromatic N) is 3. The molecule has 2 aliphatic rings. The van der Waals surface area contributed by atoms with Crippen molar-refractivity contribution in [3.8, 4) is 6.07 Å². The van der Waals surface area contributed by atoms with Gasteiger partial charge in [-0.05, 0) is 25.8 Å². The molecule has 8 heteroatoms. The molecule has 2 N–H and O–H groups in total. The van der Waals surface area contributed by atoms with Crippen molar-refractivity contribution in [3.63, 3.8) is 0 Å². The van der Waals surface area contributed by atoms with Gasteiger partial charge in [0, 0.05) is 38.9 Å². The first-order chi connectivity index (χ1) is 12.1. The Morgan fingerprint density at radius 2 is 1.92 bits per heavy atom. The van der Waals surface area contributed by atoms with E-state index in [4.69, 9.17) is 9.84 Å². The van der Waals surface area contributed by atoms with Crippen LogP contribution >= 0.6 is 0 Å². The lowest BCUT2D eigenvalue weighted by Gasteiger charge is -2.29. The van der Waals surface area contributed by atoms with Gasteiger partial charge in [0.25, 0.3) is 5.91 Å². The van der Waals surface area contributed by atoms with Crippen LogP contribution in [0, 0.1) is 17.2 Å². The molecule has 1 amide bonds. The number of hydrogen-bond donors (Lipinski definition) is 2. The summed E-state index contributed by atoms with van der Waals surface area (Å²) in [6.45, 7) is 5.86. The van der Waals surface area contributed by atoms with Gasteiger partial charge in [0.1, 0.15) is 11.6 Å². The number of likely N-dealkylation sites (tertiary alicyclic amines) is 1. The van der Waals surface area contributed by atoms with E-state index in [2.05, 4.69) is 10.2 Å². The Hall–Kier alpha value is -2.11. The molecular formula is C17H26N4O4. The first-order valence-electron chi connectivity index (χ1n) is 8.77. The Kier molecular flexibility index (Phi) is 7.70. The number of morpholine rings is 1. The smallest absolute Gasteiger partial charge is 0.306 e. The maximum absolute atomic E-state index is 12.3. The van der Waals surface area contributed by atoms with Crippen LogP contribution in [0.1, 0.15) is 19.3 Å². The van der Waals surface area contributed by atoms with E-state index in [1.165, 1.54) is 6.20 Å². The fourth-order valence-electron chi connectivity index (χ4n) is 3.05. The maximum Gasteiger partial charge on any atom is 0.306 e. The van der Waals surface area contributed by atoms with Crippen molar-refractivity contribution in [1.29, 1.82) is 5.26 Å². The van der Waals surface area contributed by atoms with Gasteiger partial charge in [0.05, 0.1) is 19.1 Å². The minimum atomic E-state index is -0.815. The van der Waals surface area contributed by atoms with Crippen LogP contribution in [0.15, 0.2) is 11.8 Å². The van der Waals surface area contributed by atoms with Gasteiger partial charge in [-0.3, -0.25) is 14.5 Å². The Labute approximate surface area is 148 Å². The van der Waals surface area contributed by atoms with Crippen LogP contribution in [0.25, 0.3) is 0 Å². The van der Waals surface area contributed by atoms with Gasteiger partial charge in [-0.2, -0.15) is 5.26 Å². The number of ether oxygens (including phenoxy) is 1. The lowest BCUT2D eigenvalue weighted by Crippen LogP contribution is -2.41. The second kappa shape index (κ2) is 10.0. The van der Waals surface area contributed by atoms with E-state index in [1.807, 2.05) is 6.07 Å². The van der Waals surface area contributed by atoms with E-state index in [1.54, 1.807) is 4.90 Å². The number of amides is 1. The van der Waals surface area contributed by atoms with Crippen molar-refractivity contribution >= 4 is 11.9 Å². The highest BCUT2D eigenvalue weighted by Gasteiger charge is 2.28. The zero-order chi connectivity index (χ0) is 18.1. The van der Waals surface area contributed by atoms with Crippen molar-refractivity contribution in [1.82, 2.24) is 15.1 Å². The number of hydrogen-bond acceptors (Lipinski definition) is 6. The van der Waals surface area contributed by atoms with Crippen molar-refractivity contribution < 1.29 is 19.4 Å². The number of carboxylic acid groups (broad SMARTS) is 1. The maximum atomic E-state index is 12.3. The van der Waals surface area contributed by atoms with Gasteiger partial charge in [-0.15, -0.1) is 0 Å². The van der Waals surface area contributed by atoms with Crippen LogP contribution < -0.4 is 5.32 Å². The Morgan fingerprint density at radius 3 is 2.52 bits per heavy atom. The summed E-state index contributed by atoms with van der Waals surface area (Å²) < 4.78 is 5.30. The number of nitriles is 1. The van der Waals surface area contributed by atoms with Gasteiger partial charge in [0.15, 0.2) is 0 Å². The first-order valence-corrected chi connectivity index (χ1v) is 8.77. The largest absolute Gasteiger partial charge is 0.481 e. The minimum absolute atomic E-state index is 0.0696. The molecule has 2 saturated heterocycles. The fourth-order valence-corrected chi connectivity index (χ4v) is 3.05. The Balaban J connectivity index is 1.71. The molecule has 0 aliphatic carbocycles. The molecule has 0 aromatic rings. The molecule has 0 aromatic heterocycles. The predicted molar refractivity (Wildman–Crippen MR) is 90.5 cm³/mol. The summed E-state index contributed by atoms with van der Waals surface area (Å²) >= 11 is 0. The number of nitrogens with one attached hydrogen (secondary N) is 1. The van der Waals surface area contributed by atoms with Crippen LogP contribution in [0.4, 0.5) is 0 Å². The standard InChI is InChI=1S/C17H26N4O4/c18-12-15(13-19-4-1-5-20-8-10-25-11-9-20)16(22)21-6-2-14(3-7-21)17(23)24/h13-14,19H,1-11H2,(H,23,24)/b15-13-. The lowest BCUT2D eigenvalue weighted by atomic mass is 9.97. The van der Waals surface area contributed by atoms with Crippen LogP contribution in [0.3, 0.4) is 0 Å². The SMILES string of the molecule is N#C/C(=C/NCCCN1CCOCC1)C(=O)N1CCC(C(=O)O)CC1. The molecule has 0 radical (unpaired) electrons. The number of piperidine rings is 1. The van der Waals surface area contributed by atoms with Gasteiger partial charge in [0.2, 0.25) is 0 Å². The molecule has 2 fully saturated rings. The first kappa shape index (κ1) is 19.2. The molecule has 0 saturated carbocycles. The van der Waals surface area contributed by atoms with Crippen LogP contribution in [-0.4, -0.2) is 79.3 Å². The normalized spacial score (nSPS) is 20.1. The second-order valence-electron chi connectivity index (χ2n) is 6.34. The molecule has 25 heavy (non-hydrogen) atoms. The topological polar surface area (TPSA) is 106 Å². The van der Waals surface area contributed by atoms with E-state index in [9.17, 15) is 14.9 Å². The quantitative estimate of drug-likeness (QED) is 0.379. The molecule has 2 aliphatic heterocycles. The van der Waals surface area contributed by atoms with Crippen LogP contribution in [-0.2, 0) is 14.3 Å². The van der Waals surface area contributed by atoms with Gasteiger partial charge >= 0.3 is 5.97 Å². The number of carbonyl (C=O) groups excluding carboxylic acids is 1. The monoisotopic (exact) mass is 350 g/mol. The summed E-state index contributed by atoms with van der Waals surface area (Å²) in [4.78, 5) is 27.2. The van der Waals surface area contributed by atoms with Gasteiger partial charge in [-0.25, -0.2) is 0 Å². The van der Waals surface area contributed by atoms with E-state index in [0.29, 0.717) is 32.5 Å².